The van der Waals surface area contributed by atoms with E-state index in [0.29, 0.717) is 33.1 Å². The lowest BCUT2D eigenvalue weighted by Gasteiger charge is -2.15. The van der Waals surface area contributed by atoms with Crippen molar-refractivity contribution in [3.63, 3.8) is 0 Å². The second kappa shape index (κ2) is 7.09. The molecule has 2 nitrogen and oxygen atoms in total. The SMILES string of the molecule is CCOc1c(Br)cc(Cl)cc1NCc1ccc(F)cc1F. The van der Waals surface area contributed by atoms with Crippen molar-refractivity contribution in [2.45, 2.75) is 13.5 Å². The van der Waals surface area contributed by atoms with Crippen LogP contribution in [0, 0.1) is 11.6 Å². The molecule has 0 atom stereocenters. The Morgan fingerprint density at radius 3 is 2.67 bits per heavy atom. The van der Waals surface area contributed by atoms with Crippen molar-refractivity contribution in [1.82, 2.24) is 0 Å². The Morgan fingerprint density at radius 2 is 2.00 bits per heavy atom. The van der Waals surface area contributed by atoms with Crippen LogP contribution in [0.15, 0.2) is 34.8 Å². The molecule has 0 saturated heterocycles. The van der Waals surface area contributed by atoms with Gasteiger partial charge in [0.2, 0.25) is 0 Å². The first-order valence-corrected chi connectivity index (χ1v) is 7.48. The minimum atomic E-state index is -0.600. The average Bonchev–Trinajstić information content (AvgIpc) is 2.41. The first-order chi connectivity index (χ1) is 10.0. The van der Waals surface area contributed by atoms with E-state index in [0.717, 1.165) is 6.07 Å². The minimum Gasteiger partial charge on any atom is -0.491 e. The Kier molecular flexibility index (Phi) is 5.42. The van der Waals surface area contributed by atoms with Gasteiger partial charge in [-0.15, -0.1) is 0 Å². The highest BCUT2D eigenvalue weighted by Crippen LogP contribution is 2.36. The molecule has 0 bridgehead atoms. The van der Waals surface area contributed by atoms with Crippen LogP contribution in [0.4, 0.5) is 14.5 Å². The van der Waals surface area contributed by atoms with Crippen molar-refractivity contribution in [3.05, 3.63) is 57.0 Å². The van der Waals surface area contributed by atoms with Crippen LogP contribution in [0.5, 0.6) is 5.75 Å². The van der Waals surface area contributed by atoms with Gasteiger partial charge in [-0.3, -0.25) is 0 Å². The number of rotatable bonds is 5. The van der Waals surface area contributed by atoms with E-state index < -0.39 is 11.6 Å². The molecule has 0 spiro atoms. The summed E-state index contributed by atoms with van der Waals surface area (Å²) >= 11 is 9.38. The van der Waals surface area contributed by atoms with E-state index >= 15 is 0 Å². The van der Waals surface area contributed by atoms with Crippen molar-refractivity contribution < 1.29 is 13.5 Å². The molecule has 0 aliphatic heterocycles. The molecule has 0 aliphatic rings. The summed E-state index contributed by atoms with van der Waals surface area (Å²) in [6.07, 6.45) is 0. The quantitative estimate of drug-likeness (QED) is 0.755. The first kappa shape index (κ1) is 16.0. The Bertz CT molecular complexity index is 652. The van der Waals surface area contributed by atoms with Crippen molar-refractivity contribution in [3.8, 4) is 5.75 Å². The number of halogens is 4. The highest BCUT2D eigenvalue weighted by Gasteiger charge is 2.11. The zero-order chi connectivity index (χ0) is 15.4. The zero-order valence-electron chi connectivity index (χ0n) is 11.2. The Morgan fingerprint density at radius 1 is 1.24 bits per heavy atom. The molecular formula is C15H13BrClF2NO. The lowest BCUT2D eigenvalue weighted by molar-refractivity contribution is 0.339. The molecule has 0 aromatic heterocycles. The number of ether oxygens (including phenoxy) is 1. The van der Waals surface area contributed by atoms with Crippen LogP contribution in [0.1, 0.15) is 12.5 Å². The standard InChI is InChI=1S/C15H13BrClF2NO/c1-2-21-15-12(16)5-10(17)6-14(15)20-8-9-3-4-11(18)7-13(9)19/h3-7,20H,2,8H2,1H3. The van der Waals surface area contributed by atoms with Crippen LogP contribution in [0.3, 0.4) is 0 Å². The Hall–Kier alpha value is -1.33. The molecule has 0 radical (unpaired) electrons. The molecular weight excluding hydrogens is 364 g/mol. The smallest absolute Gasteiger partial charge is 0.156 e. The van der Waals surface area contributed by atoms with Crippen molar-refractivity contribution in [2.75, 3.05) is 11.9 Å². The molecule has 0 unspecified atom stereocenters. The summed E-state index contributed by atoms with van der Waals surface area (Å²) in [6, 6.07) is 6.89. The predicted octanol–water partition coefficient (Wildman–Crippen LogP) is 5.39. The molecule has 0 amide bonds. The van der Waals surface area contributed by atoms with Crippen LogP contribution in [-0.2, 0) is 6.54 Å². The molecule has 21 heavy (non-hydrogen) atoms. The van der Waals surface area contributed by atoms with Gasteiger partial charge in [-0.25, -0.2) is 8.78 Å². The zero-order valence-corrected chi connectivity index (χ0v) is 13.6. The number of nitrogens with one attached hydrogen (secondary N) is 1. The van der Waals surface area contributed by atoms with E-state index in [1.165, 1.54) is 12.1 Å². The van der Waals surface area contributed by atoms with Gasteiger partial charge in [-0.2, -0.15) is 0 Å². The van der Waals surface area contributed by atoms with Gasteiger partial charge >= 0.3 is 0 Å². The fraction of sp³-hybridized carbons (Fsp3) is 0.200. The maximum atomic E-state index is 13.6. The van der Waals surface area contributed by atoms with Crippen LogP contribution >= 0.6 is 27.5 Å². The Labute approximate surface area is 135 Å². The van der Waals surface area contributed by atoms with Crippen molar-refractivity contribution in [1.29, 1.82) is 0 Å². The fourth-order valence-corrected chi connectivity index (χ4v) is 2.76. The second-order valence-corrected chi connectivity index (χ2v) is 5.58. The predicted molar refractivity (Wildman–Crippen MR) is 84.0 cm³/mol. The average molecular weight is 377 g/mol. The van der Waals surface area contributed by atoms with Gasteiger partial charge in [0.1, 0.15) is 11.6 Å². The maximum absolute atomic E-state index is 13.6. The third-order valence-corrected chi connectivity index (χ3v) is 3.59. The highest BCUT2D eigenvalue weighted by molar-refractivity contribution is 9.10. The van der Waals surface area contributed by atoms with E-state index in [9.17, 15) is 8.78 Å². The summed E-state index contributed by atoms with van der Waals surface area (Å²) in [7, 11) is 0. The largest absolute Gasteiger partial charge is 0.491 e. The van der Waals surface area contributed by atoms with E-state index in [4.69, 9.17) is 16.3 Å². The molecule has 0 fully saturated rings. The van der Waals surface area contributed by atoms with E-state index in [1.54, 1.807) is 12.1 Å². The summed E-state index contributed by atoms with van der Waals surface area (Å²) < 4.78 is 32.7. The first-order valence-electron chi connectivity index (χ1n) is 6.31. The Balaban J connectivity index is 2.22. The van der Waals surface area contributed by atoms with E-state index in [-0.39, 0.29) is 6.54 Å². The van der Waals surface area contributed by atoms with Gasteiger partial charge in [-0.05, 0) is 41.1 Å². The highest BCUT2D eigenvalue weighted by atomic mass is 79.9. The molecule has 6 heteroatoms. The monoisotopic (exact) mass is 375 g/mol. The summed E-state index contributed by atoms with van der Waals surface area (Å²) in [5, 5.41) is 3.58. The summed E-state index contributed by atoms with van der Waals surface area (Å²) in [4.78, 5) is 0. The fourth-order valence-electron chi connectivity index (χ4n) is 1.84. The molecule has 0 aliphatic carbocycles. The lowest BCUT2D eigenvalue weighted by Crippen LogP contribution is -2.05. The van der Waals surface area contributed by atoms with Gasteiger partial charge in [0.25, 0.3) is 0 Å². The molecule has 2 aromatic rings. The molecule has 2 aromatic carbocycles. The number of anilines is 1. The lowest BCUT2D eigenvalue weighted by atomic mass is 10.2. The molecule has 112 valence electrons. The number of hydrogen-bond donors (Lipinski definition) is 1. The van der Waals surface area contributed by atoms with Crippen LogP contribution in [0.25, 0.3) is 0 Å². The number of hydrogen-bond acceptors (Lipinski definition) is 2. The summed E-state index contributed by atoms with van der Waals surface area (Å²) in [6.45, 7) is 2.54. The van der Waals surface area contributed by atoms with Crippen LogP contribution in [0.2, 0.25) is 5.02 Å². The van der Waals surface area contributed by atoms with Crippen LogP contribution in [-0.4, -0.2) is 6.61 Å². The summed E-state index contributed by atoms with van der Waals surface area (Å²) in [5.74, 6) is -0.595. The van der Waals surface area contributed by atoms with Crippen molar-refractivity contribution in [2.24, 2.45) is 0 Å². The normalized spacial score (nSPS) is 10.5. The molecule has 2 rings (SSSR count). The molecule has 0 heterocycles. The van der Waals surface area contributed by atoms with Gasteiger partial charge in [0.05, 0.1) is 16.8 Å². The van der Waals surface area contributed by atoms with Gasteiger partial charge in [0, 0.05) is 23.2 Å². The van der Waals surface area contributed by atoms with E-state index in [1.807, 2.05) is 6.92 Å². The van der Waals surface area contributed by atoms with E-state index in [2.05, 4.69) is 21.2 Å². The maximum Gasteiger partial charge on any atom is 0.156 e. The van der Waals surface area contributed by atoms with Gasteiger partial charge in [0.15, 0.2) is 5.75 Å². The summed E-state index contributed by atoms with van der Waals surface area (Å²) in [5.41, 5.74) is 0.995. The van der Waals surface area contributed by atoms with Crippen molar-refractivity contribution >= 4 is 33.2 Å². The topological polar surface area (TPSA) is 21.3 Å². The van der Waals surface area contributed by atoms with Gasteiger partial charge < -0.3 is 10.1 Å². The molecule has 0 saturated carbocycles. The third-order valence-electron chi connectivity index (χ3n) is 2.78. The third kappa shape index (κ3) is 4.08. The number of benzene rings is 2. The second-order valence-electron chi connectivity index (χ2n) is 4.29. The minimum absolute atomic E-state index is 0.193. The van der Waals surface area contributed by atoms with Crippen LogP contribution < -0.4 is 10.1 Å². The molecule has 1 N–H and O–H groups in total. The van der Waals surface area contributed by atoms with Gasteiger partial charge in [-0.1, -0.05) is 17.7 Å².